The van der Waals surface area contributed by atoms with E-state index in [1.807, 2.05) is 0 Å². The maximum absolute atomic E-state index is 12.9. The number of ether oxygens (including phenoxy) is 1. The van der Waals surface area contributed by atoms with E-state index in [-0.39, 0.29) is 24.0 Å². The van der Waals surface area contributed by atoms with Gasteiger partial charge in [0, 0.05) is 17.9 Å². The Bertz CT molecular complexity index is 944. The van der Waals surface area contributed by atoms with Crippen molar-refractivity contribution >= 4 is 10.0 Å². The molecule has 1 atom stereocenters. The highest BCUT2D eigenvalue weighted by molar-refractivity contribution is 7.89. The molecule has 1 fully saturated rings. The lowest BCUT2D eigenvalue weighted by Gasteiger charge is -2.31. The van der Waals surface area contributed by atoms with Gasteiger partial charge in [-0.05, 0) is 51.0 Å². The summed E-state index contributed by atoms with van der Waals surface area (Å²) < 4.78 is 71.4. The van der Waals surface area contributed by atoms with Gasteiger partial charge in [0.15, 0.2) is 0 Å². The molecule has 0 bridgehead atoms. The molecule has 28 heavy (non-hydrogen) atoms. The Kier molecular flexibility index (Phi) is 5.62. The minimum Gasteiger partial charge on any atom is -0.459 e. The van der Waals surface area contributed by atoms with Gasteiger partial charge in [-0.1, -0.05) is 6.07 Å². The van der Waals surface area contributed by atoms with Crippen LogP contribution in [0, 0.1) is 13.8 Å². The first kappa shape index (κ1) is 20.5. The summed E-state index contributed by atoms with van der Waals surface area (Å²) in [6.07, 6.45) is -3.96. The molecule has 0 amide bonds. The third kappa shape index (κ3) is 4.61. The van der Waals surface area contributed by atoms with Gasteiger partial charge in [-0.2, -0.15) is 17.5 Å². The number of piperidine rings is 1. The Morgan fingerprint density at radius 3 is 2.46 bits per heavy atom. The van der Waals surface area contributed by atoms with Crippen LogP contribution in [0.3, 0.4) is 0 Å². The zero-order valence-corrected chi connectivity index (χ0v) is 16.2. The van der Waals surface area contributed by atoms with Crippen molar-refractivity contribution in [2.45, 2.75) is 43.9 Å². The van der Waals surface area contributed by atoms with Gasteiger partial charge in [0.25, 0.3) is 0 Å². The number of hydrogen-bond donors (Lipinski definition) is 0. The second-order valence-corrected chi connectivity index (χ2v) is 8.64. The average molecular weight is 415 g/mol. The molecule has 1 aromatic heterocycles. The highest BCUT2D eigenvalue weighted by Gasteiger charge is 2.35. The summed E-state index contributed by atoms with van der Waals surface area (Å²) in [7, 11) is -4.07. The SMILES string of the molecule is Cc1cc(C)nc(O[C@H]2CCCN(S(=O)(=O)c3cccc(C(F)(F)F)c3)C2)n1. The van der Waals surface area contributed by atoms with Crippen LogP contribution in [0.2, 0.25) is 0 Å². The van der Waals surface area contributed by atoms with E-state index < -0.39 is 27.9 Å². The first-order chi connectivity index (χ1) is 13.1. The smallest absolute Gasteiger partial charge is 0.416 e. The quantitative estimate of drug-likeness (QED) is 0.766. The van der Waals surface area contributed by atoms with Gasteiger partial charge < -0.3 is 4.74 Å². The van der Waals surface area contributed by atoms with Gasteiger partial charge in [-0.3, -0.25) is 0 Å². The van der Waals surface area contributed by atoms with Crippen LogP contribution in [0.5, 0.6) is 6.01 Å². The molecule has 0 N–H and O–H groups in total. The zero-order chi connectivity index (χ0) is 20.5. The Hall–Kier alpha value is -2.20. The van der Waals surface area contributed by atoms with Crippen molar-refractivity contribution in [2.24, 2.45) is 0 Å². The molecule has 0 spiro atoms. The van der Waals surface area contributed by atoms with Crippen molar-refractivity contribution in [1.29, 1.82) is 0 Å². The number of sulfonamides is 1. The van der Waals surface area contributed by atoms with Gasteiger partial charge in [-0.25, -0.2) is 18.4 Å². The summed E-state index contributed by atoms with van der Waals surface area (Å²) in [6, 6.07) is 5.73. The van der Waals surface area contributed by atoms with Crippen molar-refractivity contribution in [3.8, 4) is 6.01 Å². The summed E-state index contributed by atoms with van der Waals surface area (Å²) in [5.41, 5.74) is 0.459. The van der Waals surface area contributed by atoms with Crippen LogP contribution in [0.4, 0.5) is 13.2 Å². The summed E-state index contributed by atoms with van der Waals surface area (Å²) in [5.74, 6) is 0. The molecule has 0 aliphatic carbocycles. The maximum Gasteiger partial charge on any atom is 0.416 e. The Balaban J connectivity index is 1.79. The number of halogens is 3. The standard InChI is InChI=1S/C18H20F3N3O3S/c1-12-9-13(2)23-17(22-12)27-15-6-4-8-24(11-15)28(25,26)16-7-3-5-14(10-16)18(19,20)21/h3,5,7,9-10,15H,4,6,8,11H2,1-2H3/t15-/m0/s1. The molecule has 1 aliphatic heterocycles. The molecule has 2 aromatic rings. The molecule has 1 aliphatic rings. The number of nitrogens with zero attached hydrogens (tertiary/aromatic N) is 3. The van der Waals surface area contributed by atoms with Gasteiger partial charge in [0.05, 0.1) is 17.0 Å². The third-order valence-corrected chi connectivity index (χ3v) is 6.24. The van der Waals surface area contributed by atoms with Gasteiger partial charge >= 0.3 is 12.2 Å². The van der Waals surface area contributed by atoms with Crippen molar-refractivity contribution in [3.05, 3.63) is 47.3 Å². The molecule has 1 aromatic carbocycles. The van der Waals surface area contributed by atoms with Crippen molar-refractivity contribution in [2.75, 3.05) is 13.1 Å². The second-order valence-electron chi connectivity index (χ2n) is 6.70. The topological polar surface area (TPSA) is 72.4 Å². The minimum atomic E-state index is -4.61. The zero-order valence-electron chi connectivity index (χ0n) is 15.4. The van der Waals surface area contributed by atoms with Gasteiger partial charge in [-0.15, -0.1) is 0 Å². The Labute approximate surface area is 161 Å². The number of alkyl halides is 3. The Morgan fingerprint density at radius 1 is 1.14 bits per heavy atom. The predicted octanol–water partition coefficient (Wildman–Crippen LogP) is 3.34. The number of aromatic nitrogens is 2. The van der Waals surface area contributed by atoms with Crippen molar-refractivity contribution in [3.63, 3.8) is 0 Å². The Morgan fingerprint density at radius 2 is 1.82 bits per heavy atom. The van der Waals surface area contributed by atoms with Crippen LogP contribution in [0.15, 0.2) is 35.2 Å². The van der Waals surface area contributed by atoms with Gasteiger partial charge in [0.2, 0.25) is 10.0 Å². The molecule has 0 unspecified atom stereocenters. The van der Waals surface area contributed by atoms with Crippen LogP contribution in [-0.2, 0) is 16.2 Å². The van der Waals surface area contributed by atoms with Crippen LogP contribution in [-0.4, -0.2) is 41.9 Å². The highest BCUT2D eigenvalue weighted by Crippen LogP contribution is 2.31. The third-order valence-electron chi connectivity index (χ3n) is 4.37. The van der Waals surface area contributed by atoms with Crippen LogP contribution < -0.4 is 4.74 Å². The fourth-order valence-corrected chi connectivity index (χ4v) is 4.65. The first-order valence-corrected chi connectivity index (χ1v) is 10.2. The molecule has 152 valence electrons. The van der Waals surface area contributed by atoms with Crippen molar-refractivity contribution in [1.82, 2.24) is 14.3 Å². The fourth-order valence-electron chi connectivity index (χ4n) is 3.10. The monoisotopic (exact) mass is 415 g/mol. The molecule has 6 nitrogen and oxygen atoms in total. The van der Waals surface area contributed by atoms with E-state index in [0.717, 1.165) is 27.8 Å². The summed E-state index contributed by atoms with van der Waals surface area (Å²) >= 11 is 0. The molecule has 2 heterocycles. The highest BCUT2D eigenvalue weighted by atomic mass is 32.2. The molecular formula is C18H20F3N3O3S. The summed E-state index contributed by atoms with van der Waals surface area (Å²) in [6.45, 7) is 3.83. The lowest BCUT2D eigenvalue weighted by atomic mass is 10.1. The van der Waals surface area contributed by atoms with E-state index >= 15 is 0 Å². The predicted molar refractivity (Wildman–Crippen MR) is 95.4 cm³/mol. The largest absolute Gasteiger partial charge is 0.459 e. The molecule has 1 saturated heterocycles. The second kappa shape index (κ2) is 7.67. The molecule has 3 rings (SSSR count). The molecular weight excluding hydrogens is 395 g/mol. The van der Waals surface area contributed by atoms with E-state index in [1.165, 1.54) is 6.07 Å². The maximum atomic E-state index is 12.9. The van der Waals surface area contributed by atoms with E-state index in [0.29, 0.717) is 18.9 Å². The number of hydrogen-bond acceptors (Lipinski definition) is 5. The normalized spacial score (nSPS) is 18.8. The van der Waals surface area contributed by atoms with Crippen LogP contribution in [0.25, 0.3) is 0 Å². The number of aryl methyl sites for hydroxylation is 2. The van der Waals surface area contributed by atoms with Crippen LogP contribution >= 0.6 is 0 Å². The lowest BCUT2D eigenvalue weighted by Crippen LogP contribution is -2.44. The summed E-state index contributed by atoms with van der Waals surface area (Å²) in [4.78, 5) is 7.99. The van der Waals surface area contributed by atoms with Crippen LogP contribution in [0.1, 0.15) is 29.8 Å². The first-order valence-electron chi connectivity index (χ1n) is 8.72. The van der Waals surface area contributed by atoms with E-state index in [2.05, 4.69) is 9.97 Å². The van der Waals surface area contributed by atoms with Gasteiger partial charge in [0.1, 0.15) is 6.10 Å². The fraction of sp³-hybridized carbons (Fsp3) is 0.444. The lowest BCUT2D eigenvalue weighted by molar-refractivity contribution is -0.137. The molecule has 10 heteroatoms. The summed E-state index contributed by atoms with van der Waals surface area (Å²) in [5, 5.41) is 0. The molecule has 0 radical (unpaired) electrons. The van der Waals surface area contributed by atoms with Crippen molar-refractivity contribution < 1.29 is 26.3 Å². The molecule has 0 saturated carbocycles. The number of rotatable bonds is 4. The number of benzene rings is 1. The average Bonchev–Trinajstić information content (AvgIpc) is 2.60. The van der Waals surface area contributed by atoms with E-state index in [4.69, 9.17) is 4.74 Å². The van der Waals surface area contributed by atoms with E-state index in [1.54, 1.807) is 19.9 Å². The minimum absolute atomic E-state index is 0.0227. The van der Waals surface area contributed by atoms with E-state index in [9.17, 15) is 21.6 Å².